The molecular weight excluding hydrogens is 1130 g/mol. The number of rotatable bonds is 80. The molecule has 0 bridgehead atoms. The SMILES string of the molecule is CCCCCC/C=C\CCCCCCCC(=O)OCCCCCCCCCCCCCCCCCC/C=C\CCCCCCCCCCCCCCCCCCCC(=O)NC(CO)C(O)/C=C/CCCCCCCCCCCCCCCCCCCCCCCCC. The molecule has 2 atom stereocenters. The Labute approximate surface area is 576 Å². The van der Waals surface area contributed by atoms with Crippen LogP contribution in [0, 0.1) is 0 Å². The summed E-state index contributed by atoms with van der Waals surface area (Å²) in [6, 6.07) is -0.627. The lowest BCUT2D eigenvalue weighted by molar-refractivity contribution is -0.143. The first-order valence-corrected chi connectivity index (χ1v) is 42.3. The van der Waals surface area contributed by atoms with Gasteiger partial charge in [0.15, 0.2) is 0 Å². The third kappa shape index (κ3) is 77.1. The summed E-state index contributed by atoms with van der Waals surface area (Å²) >= 11 is 0. The highest BCUT2D eigenvalue weighted by atomic mass is 16.5. The van der Waals surface area contributed by atoms with Gasteiger partial charge in [-0.1, -0.05) is 416 Å². The lowest BCUT2D eigenvalue weighted by atomic mass is 10.0. The molecule has 0 aliphatic carbocycles. The largest absolute Gasteiger partial charge is 0.466 e. The molecule has 0 aromatic carbocycles. The molecule has 0 aromatic rings. The Hall–Kier alpha value is -1.92. The number of nitrogens with one attached hydrogen (secondary N) is 1. The summed E-state index contributed by atoms with van der Waals surface area (Å²) in [5, 5.41) is 23.3. The number of aliphatic hydroxyl groups is 2. The molecule has 0 rings (SSSR count). The van der Waals surface area contributed by atoms with Gasteiger partial charge in [-0.15, -0.1) is 0 Å². The summed E-state index contributed by atoms with van der Waals surface area (Å²) in [5.41, 5.74) is 0. The number of aliphatic hydroxyl groups excluding tert-OH is 2. The van der Waals surface area contributed by atoms with Crippen molar-refractivity contribution in [1.82, 2.24) is 5.32 Å². The van der Waals surface area contributed by atoms with Crippen molar-refractivity contribution in [2.75, 3.05) is 13.2 Å². The van der Waals surface area contributed by atoms with Crippen molar-refractivity contribution in [2.24, 2.45) is 0 Å². The lowest BCUT2D eigenvalue weighted by Gasteiger charge is -2.20. The van der Waals surface area contributed by atoms with E-state index in [1.165, 1.54) is 405 Å². The number of ether oxygens (including phenoxy) is 1. The second-order valence-corrected chi connectivity index (χ2v) is 29.2. The third-order valence-electron chi connectivity index (χ3n) is 19.9. The molecule has 544 valence electrons. The van der Waals surface area contributed by atoms with Gasteiger partial charge in [0.2, 0.25) is 5.91 Å². The minimum atomic E-state index is -0.844. The normalized spacial score (nSPS) is 12.6. The molecule has 0 saturated heterocycles. The van der Waals surface area contributed by atoms with Crippen molar-refractivity contribution in [1.29, 1.82) is 0 Å². The zero-order valence-corrected chi connectivity index (χ0v) is 62.6. The van der Waals surface area contributed by atoms with Gasteiger partial charge in [-0.3, -0.25) is 9.59 Å². The second-order valence-electron chi connectivity index (χ2n) is 29.2. The second kappa shape index (κ2) is 81.5. The topological polar surface area (TPSA) is 95.9 Å². The van der Waals surface area contributed by atoms with Crippen molar-refractivity contribution in [3.63, 3.8) is 0 Å². The Morgan fingerprint density at radius 1 is 0.293 bits per heavy atom. The van der Waals surface area contributed by atoms with Gasteiger partial charge in [-0.25, -0.2) is 0 Å². The average Bonchev–Trinajstić information content (AvgIpc) is 3.55. The summed E-state index contributed by atoms with van der Waals surface area (Å²) in [5.74, 6) is -0.0458. The fourth-order valence-electron chi connectivity index (χ4n) is 13.5. The predicted molar refractivity (Wildman–Crippen MR) is 407 cm³/mol. The molecule has 0 saturated carbocycles. The van der Waals surface area contributed by atoms with Crippen LogP contribution in [0.4, 0.5) is 0 Å². The van der Waals surface area contributed by atoms with Crippen molar-refractivity contribution < 1.29 is 24.5 Å². The van der Waals surface area contributed by atoms with Crippen molar-refractivity contribution in [3.05, 3.63) is 36.5 Å². The highest BCUT2D eigenvalue weighted by Gasteiger charge is 2.18. The number of allylic oxidation sites excluding steroid dienone is 5. The first-order chi connectivity index (χ1) is 45.5. The monoisotopic (exact) mass is 1290 g/mol. The molecule has 92 heavy (non-hydrogen) atoms. The average molecular weight is 1290 g/mol. The summed E-state index contributed by atoms with van der Waals surface area (Å²) < 4.78 is 5.49. The van der Waals surface area contributed by atoms with Crippen LogP contribution in [0.3, 0.4) is 0 Å². The zero-order chi connectivity index (χ0) is 66.3. The van der Waals surface area contributed by atoms with Gasteiger partial charge in [0.25, 0.3) is 0 Å². The summed E-state index contributed by atoms with van der Waals surface area (Å²) in [7, 11) is 0. The lowest BCUT2D eigenvalue weighted by Crippen LogP contribution is -2.45. The van der Waals surface area contributed by atoms with Crippen LogP contribution in [-0.2, 0) is 14.3 Å². The molecule has 6 heteroatoms. The third-order valence-corrected chi connectivity index (χ3v) is 19.9. The summed E-state index contributed by atoms with van der Waals surface area (Å²) in [4.78, 5) is 24.6. The van der Waals surface area contributed by atoms with Crippen LogP contribution >= 0.6 is 0 Å². The highest BCUT2D eigenvalue weighted by molar-refractivity contribution is 5.76. The zero-order valence-electron chi connectivity index (χ0n) is 62.6. The van der Waals surface area contributed by atoms with Gasteiger partial charge < -0.3 is 20.3 Å². The van der Waals surface area contributed by atoms with E-state index in [0.717, 1.165) is 44.9 Å². The quantitative estimate of drug-likeness (QED) is 0.0320. The number of hydrogen-bond donors (Lipinski definition) is 3. The smallest absolute Gasteiger partial charge is 0.305 e. The predicted octanol–water partition coefficient (Wildman–Crippen LogP) is 28.2. The molecule has 3 N–H and O–H groups in total. The molecule has 2 unspecified atom stereocenters. The standard InChI is InChI=1S/C86H165NO5/c1-3-5-7-9-11-13-15-17-18-19-20-21-22-36-39-42-45-48-51-55-58-62-66-70-74-78-84(89)83(82-88)87-85(90)79-75-71-67-63-59-56-52-49-46-43-40-37-34-32-30-28-26-24-23-25-27-29-31-33-35-38-41-44-47-50-53-57-61-65-69-73-77-81-92-86(91)80-76-72-68-64-60-54-16-14-12-10-8-6-4-2/h14,16,23,25,74,78,83-84,88-89H,3-13,15,17-22,24,26-73,75-77,79-82H2,1-2H3,(H,87,90)/b16-14-,25-23-,78-74+. The van der Waals surface area contributed by atoms with Crippen molar-refractivity contribution in [3.8, 4) is 0 Å². The maximum Gasteiger partial charge on any atom is 0.305 e. The minimum Gasteiger partial charge on any atom is -0.466 e. The molecule has 0 aliphatic rings. The van der Waals surface area contributed by atoms with E-state index >= 15 is 0 Å². The highest BCUT2D eigenvalue weighted by Crippen LogP contribution is 2.20. The van der Waals surface area contributed by atoms with E-state index in [-0.39, 0.29) is 18.5 Å². The van der Waals surface area contributed by atoms with E-state index < -0.39 is 12.1 Å². The Morgan fingerprint density at radius 3 is 0.783 bits per heavy atom. The Morgan fingerprint density at radius 2 is 0.511 bits per heavy atom. The molecule has 0 aromatic heterocycles. The van der Waals surface area contributed by atoms with E-state index in [2.05, 4.69) is 43.5 Å². The Balaban J connectivity index is 3.36. The fourth-order valence-corrected chi connectivity index (χ4v) is 13.5. The molecule has 0 aliphatic heterocycles. The number of hydrogen-bond acceptors (Lipinski definition) is 5. The van der Waals surface area contributed by atoms with Crippen LogP contribution in [0.5, 0.6) is 0 Å². The first-order valence-electron chi connectivity index (χ1n) is 42.3. The van der Waals surface area contributed by atoms with Gasteiger partial charge in [-0.05, 0) is 83.5 Å². The van der Waals surface area contributed by atoms with E-state index in [0.29, 0.717) is 19.4 Å². The number of amides is 1. The summed E-state index contributed by atoms with van der Waals surface area (Å²) in [6.07, 6.45) is 107. The molecule has 0 spiro atoms. The number of carbonyl (C=O) groups is 2. The van der Waals surface area contributed by atoms with Gasteiger partial charge in [0.05, 0.1) is 25.4 Å². The molecule has 1 amide bonds. The summed E-state index contributed by atoms with van der Waals surface area (Å²) in [6.45, 7) is 4.94. The van der Waals surface area contributed by atoms with Crippen LogP contribution < -0.4 is 5.32 Å². The number of esters is 1. The van der Waals surface area contributed by atoms with Crippen LogP contribution in [0.2, 0.25) is 0 Å². The van der Waals surface area contributed by atoms with Crippen LogP contribution in [0.25, 0.3) is 0 Å². The van der Waals surface area contributed by atoms with E-state index in [9.17, 15) is 19.8 Å². The minimum absolute atomic E-state index is 0.0127. The van der Waals surface area contributed by atoms with Crippen LogP contribution in [0.1, 0.15) is 476 Å². The molecule has 0 fully saturated rings. The first kappa shape index (κ1) is 90.1. The Bertz CT molecular complexity index is 1490. The van der Waals surface area contributed by atoms with E-state index in [4.69, 9.17) is 4.74 Å². The van der Waals surface area contributed by atoms with Crippen molar-refractivity contribution in [2.45, 2.75) is 488 Å². The molecule has 0 radical (unpaired) electrons. The molecular formula is C86H165NO5. The maximum atomic E-state index is 12.6. The molecule has 0 heterocycles. The van der Waals surface area contributed by atoms with Gasteiger partial charge >= 0.3 is 5.97 Å². The van der Waals surface area contributed by atoms with Gasteiger partial charge in [-0.2, -0.15) is 0 Å². The van der Waals surface area contributed by atoms with Crippen LogP contribution in [0.15, 0.2) is 36.5 Å². The van der Waals surface area contributed by atoms with Crippen molar-refractivity contribution >= 4 is 11.9 Å². The van der Waals surface area contributed by atoms with E-state index in [1.54, 1.807) is 6.08 Å². The molecule has 6 nitrogen and oxygen atoms in total. The maximum absolute atomic E-state index is 12.6. The number of unbranched alkanes of at least 4 members (excludes halogenated alkanes) is 65. The Kier molecular flexibility index (Phi) is 79.8. The van der Waals surface area contributed by atoms with Gasteiger partial charge in [0.1, 0.15) is 0 Å². The van der Waals surface area contributed by atoms with E-state index in [1.807, 2.05) is 6.08 Å². The van der Waals surface area contributed by atoms with Crippen LogP contribution in [-0.4, -0.2) is 47.4 Å². The number of carbonyl (C=O) groups excluding carboxylic acids is 2. The van der Waals surface area contributed by atoms with Gasteiger partial charge in [0, 0.05) is 12.8 Å². The fraction of sp³-hybridized carbons (Fsp3) is 0.907.